The number of amides is 1. The van der Waals surface area contributed by atoms with Crippen molar-refractivity contribution in [3.63, 3.8) is 0 Å². The molecule has 0 saturated carbocycles. The Morgan fingerprint density at radius 1 is 1.17 bits per heavy atom. The average Bonchev–Trinajstić information content (AvgIpc) is 3.23. The van der Waals surface area contributed by atoms with Crippen LogP contribution in [0, 0.1) is 5.82 Å². The first-order valence-corrected chi connectivity index (χ1v) is 11.6. The van der Waals surface area contributed by atoms with Gasteiger partial charge in [0.05, 0.1) is 19.7 Å². The predicted molar refractivity (Wildman–Crippen MR) is 117 cm³/mol. The van der Waals surface area contributed by atoms with E-state index in [0.717, 1.165) is 56.9 Å². The summed E-state index contributed by atoms with van der Waals surface area (Å²) in [7, 11) is 1.61. The molecule has 1 atom stereocenters. The molecule has 1 fully saturated rings. The van der Waals surface area contributed by atoms with Crippen molar-refractivity contribution in [1.29, 1.82) is 0 Å². The maximum Gasteiger partial charge on any atom is 0.237 e. The van der Waals surface area contributed by atoms with E-state index in [4.69, 9.17) is 4.74 Å². The average molecular weight is 432 g/mol. The van der Waals surface area contributed by atoms with Crippen molar-refractivity contribution in [2.24, 2.45) is 0 Å². The number of rotatable bonds is 6. The Bertz CT molecular complexity index is 879. The van der Waals surface area contributed by atoms with Crippen LogP contribution in [0.4, 0.5) is 4.39 Å². The second kappa shape index (κ2) is 9.45. The summed E-state index contributed by atoms with van der Waals surface area (Å²) in [4.78, 5) is 21.1. The minimum absolute atomic E-state index is 0.217. The SMILES string of the molecule is CCC1c2ccsc2CCN1C(=O)CN1CCN(Cc2cc(F)ccc2OC)CC1. The minimum atomic E-state index is -0.240. The molecule has 2 aliphatic heterocycles. The molecule has 1 unspecified atom stereocenters. The smallest absolute Gasteiger partial charge is 0.237 e. The largest absolute Gasteiger partial charge is 0.496 e. The molecule has 5 nitrogen and oxygen atoms in total. The van der Waals surface area contributed by atoms with Crippen molar-refractivity contribution in [3.05, 3.63) is 51.5 Å². The summed E-state index contributed by atoms with van der Waals surface area (Å²) in [5.74, 6) is 0.715. The zero-order valence-electron chi connectivity index (χ0n) is 17.8. The van der Waals surface area contributed by atoms with Gasteiger partial charge in [0.2, 0.25) is 5.91 Å². The second-order valence-electron chi connectivity index (χ2n) is 8.07. The fraction of sp³-hybridized carbons (Fsp3) is 0.522. The van der Waals surface area contributed by atoms with Crippen LogP contribution in [0.2, 0.25) is 0 Å². The molecule has 1 aromatic heterocycles. The molecular formula is C23H30FN3O2S. The lowest BCUT2D eigenvalue weighted by Crippen LogP contribution is -2.51. The van der Waals surface area contributed by atoms with E-state index < -0.39 is 0 Å². The van der Waals surface area contributed by atoms with Crippen LogP contribution in [0.1, 0.15) is 35.4 Å². The highest BCUT2D eigenvalue weighted by Crippen LogP contribution is 2.35. The summed E-state index contributed by atoms with van der Waals surface area (Å²) in [5.41, 5.74) is 2.21. The number of piperazine rings is 1. The lowest BCUT2D eigenvalue weighted by molar-refractivity contribution is -0.135. The van der Waals surface area contributed by atoms with Gasteiger partial charge in [0.25, 0.3) is 0 Å². The van der Waals surface area contributed by atoms with E-state index in [1.807, 2.05) is 11.3 Å². The Labute approximate surface area is 182 Å². The highest BCUT2D eigenvalue weighted by molar-refractivity contribution is 7.10. The number of halogens is 1. The molecule has 2 aliphatic rings. The summed E-state index contributed by atoms with van der Waals surface area (Å²) < 4.78 is 19.0. The van der Waals surface area contributed by atoms with Gasteiger partial charge in [-0.25, -0.2) is 4.39 Å². The summed E-state index contributed by atoms with van der Waals surface area (Å²) in [6, 6.07) is 7.06. The van der Waals surface area contributed by atoms with E-state index in [1.54, 1.807) is 19.2 Å². The number of hydrogen-bond donors (Lipinski definition) is 0. The lowest BCUT2D eigenvalue weighted by atomic mass is 9.97. The normalized spacial score (nSPS) is 20.2. The molecule has 0 radical (unpaired) electrons. The topological polar surface area (TPSA) is 36.0 Å². The van der Waals surface area contributed by atoms with Gasteiger partial charge in [0, 0.05) is 49.7 Å². The number of methoxy groups -OCH3 is 1. The van der Waals surface area contributed by atoms with Crippen molar-refractivity contribution < 1.29 is 13.9 Å². The van der Waals surface area contributed by atoms with Crippen molar-refractivity contribution in [2.45, 2.75) is 32.4 Å². The maximum atomic E-state index is 13.6. The zero-order chi connectivity index (χ0) is 21.1. The quantitative estimate of drug-likeness (QED) is 0.701. The van der Waals surface area contributed by atoms with Gasteiger partial charge in [-0.05, 0) is 48.1 Å². The fourth-order valence-electron chi connectivity index (χ4n) is 4.63. The monoisotopic (exact) mass is 431 g/mol. The molecular weight excluding hydrogens is 401 g/mol. The molecule has 162 valence electrons. The van der Waals surface area contributed by atoms with Crippen molar-refractivity contribution in [3.8, 4) is 5.75 Å². The fourth-order valence-corrected chi connectivity index (χ4v) is 5.56. The first-order chi connectivity index (χ1) is 14.6. The zero-order valence-corrected chi connectivity index (χ0v) is 18.6. The van der Waals surface area contributed by atoms with Crippen molar-refractivity contribution >= 4 is 17.2 Å². The third-order valence-electron chi connectivity index (χ3n) is 6.26. The summed E-state index contributed by atoms with van der Waals surface area (Å²) >= 11 is 1.81. The number of thiophene rings is 1. The Morgan fingerprint density at radius 2 is 1.93 bits per heavy atom. The Kier molecular flexibility index (Phi) is 6.71. The molecule has 0 aliphatic carbocycles. The first kappa shape index (κ1) is 21.3. The van der Waals surface area contributed by atoms with Crippen LogP contribution in [-0.2, 0) is 17.8 Å². The van der Waals surface area contributed by atoms with Gasteiger partial charge in [0.15, 0.2) is 0 Å². The molecule has 1 amide bonds. The van der Waals surface area contributed by atoms with E-state index in [2.05, 4.69) is 33.1 Å². The van der Waals surface area contributed by atoms with Crippen LogP contribution < -0.4 is 4.74 Å². The van der Waals surface area contributed by atoms with Crippen molar-refractivity contribution in [2.75, 3.05) is 46.4 Å². The highest BCUT2D eigenvalue weighted by Gasteiger charge is 2.31. The van der Waals surface area contributed by atoms with Crippen LogP contribution in [-0.4, -0.2) is 67.0 Å². The van der Waals surface area contributed by atoms with Gasteiger partial charge in [-0.2, -0.15) is 0 Å². The van der Waals surface area contributed by atoms with Crippen LogP contribution in [0.5, 0.6) is 5.75 Å². The minimum Gasteiger partial charge on any atom is -0.496 e. The Morgan fingerprint density at radius 3 is 2.67 bits per heavy atom. The van der Waals surface area contributed by atoms with Gasteiger partial charge in [0.1, 0.15) is 11.6 Å². The van der Waals surface area contributed by atoms with Gasteiger partial charge >= 0.3 is 0 Å². The molecule has 2 aromatic rings. The van der Waals surface area contributed by atoms with Gasteiger partial charge in [-0.1, -0.05) is 6.92 Å². The highest BCUT2D eigenvalue weighted by atomic mass is 32.1. The Hall–Kier alpha value is -1.96. The van der Waals surface area contributed by atoms with Crippen LogP contribution in [0.15, 0.2) is 29.6 Å². The van der Waals surface area contributed by atoms with Crippen LogP contribution in [0.25, 0.3) is 0 Å². The van der Waals surface area contributed by atoms with E-state index >= 15 is 0 Å². The standard InChI is InChI=1S/C23H30FN3O2S/c1-3-20-19-7-13-30-22(19)6-8-27(20)23(28)16-26-11-9-25(10-12-26)15-17-14-18(24)4-5-21(17)29-2/h4-5,7,13-14,20H,3,6,8-12,15-16H2,1-2H3. The molecule has 7 heteroatoms. The number of fused-ring (bicyclic) bond motifs is 1. The summed E-state index contributed by atoms with van der Waals surface area (Å²) in [5, 5.41) is 2.15. The third-order valence-corrected chi connectivity index (χ3v) is 7.26. The van der Waals surface area contributed by atoms with E-state index in [-0.39, 0.29) is 17.8 Å². The van der Waals surface area contributed by atoms with Crippen molar-refractivity contribution in [1.82, 2.24) is 14.7 Å². The number of carbonyl (C=O) groups is 1. The second-order valence-corrected chi connectivity index (χ2v) is 9.07. The molecule has 0 bridgehead atoms. The number of nitrogens with zero attached hydrogens (tertiary/aromatic N) is 3. The number of benzene rings is 1. The summed E-state index contributed by atoms with van der Waals surface area (Å²) in [6.45, 7) is 7.54. The third kappa shape index (κ3) is 4.53. The van der Waals surface area contributed by atoms with Gasteiger partial charge in [-0.3, -0.25) is 14.6 Å². The van der Waals surface area contributed by atoms with E-state index in [0.29, 0.717) is 13.1 Å². The van der Waals surface area contributed by atoms with Crippen LogP contribution in [0.3, 0.4) is 0 Å². The maximum absolute atomic E-state index is 13.6. The molecule has 0 N–H and O–H groups in total. The van der Waals surface area contributed by atoms with E-state index in [9.17, 15) is 9.18 Å². The number of carbonyl (C=O) groups excluding carboxylic acids is 1. The van der Waals surface area contributed by atoms with Gasteiger partial charge in [-0.15, -0.1) is 11.3 Å². The van der Waals surface area contributed by atoms with Crippen LogP contribution >= 0.6 is 11.3 Å². The van der Waals surface area contributed by atoms with Gasteiger partial charge < -0.3 is 9.64 Å². The number of ether oxygens (including phenoxy) is 1. The Balaban J connectivity index is 1.31. The molecule has 30 heavy (non-hydrogen) atoms. The molecule has 4 rings (SSSR count). The van der Waals surface area contributed by atoms with E-state index in [1.165, 1.54) is 16.5 Å². The lowest BCUT2D eigenvalue weighted by Gasteiger charge is -2.39. The number of hydrogen-bond acceptors (Lipinski definition) is 5. The first-order valence-electron chi connectivity index (χ1n) is 10.7. The molecule has 1 saturated heterocycles. The summed E-state index contributed by atoms with van der Waals surface area (Å²) in [6.07, 6.45) is 1.93. The predicted octanol–water partition coefficient (Wildman–Crippen LogP) is 3.55. The molecule has 3 heterocycles. The molecule has 0 spiro atoms. The molecule has 1 aromatic carbocycles.